The molecule has 0 heterocycles. The van der Waals surface area contributed by atoms with E-state index in [2.05, 4.69) is 5.32 Å². The molecular weight excluding hydrogens is 247 g/mol. The van der Waals surface area contributed by atoms with Gasteiger partial charge in [-0.25, -0.2) is 4.39 Å². The van der Waals surface area contributed by atoms with Crippen LogP contribution in [0.5, 0.6) is 5.75 Å². The van der Waals surface area contributed by atoms with Crippen LogP contribution in [0.25, 0.3) is 0 Å². The number of aromatic hydroxyl groups is 1. The molecule has 2 aromatic rings. The Bertz CT molecular complexity index is 641. The van der Waals surface area contributed by atoms with Crippen LogP contribution in [0.4, 0.5) is 15.8 Å². The number of aryl methyl sites for hydroxylation is 1. The van der Waals surface area contributed by atoms with E-state index in [1.165, 1.54) is 30.3 Å². The number of phenolic OH excluding ortho intramolecular Hbond substituents is 1. The lowest BCUT2D eigenvalue weighted by atomic mass is 10.1. The molecule has 4 N–H and O–H groups in total. The third-order valence-electron chi connectivity index (χ3n) is 2.65. The van der Waals surface area contributed by atoms with Crippen LogP contribution in [0, 0.1) is 12.7 Å². The van der Waals surface area contributed by atoms with Gasteiger partial charge in [-0.05, 0) is 36.8 Å². The molecule has 0 saturated carbocycles. The lowest BCUT2D eigenvalue weighted by molar-refractivity contribution is 0.102. The standard InChI is InChI=1S/C14H13FN2O2/c1-8-2-4-10(11(15)6-8)14(19)17-13-5-3-9(18)7-12(13)16/h2-7,18H,16H2,1H3,(H,17,19). The van der Waals surface area contributed by atoms with Crippen molar-refractivity contribution >= 4 is 17.3 Å². The number of rotatable bonds is 2. The number of carbonyl (C=O) groups excluding carboxylic acids is 1. The zero-order chi connectivity index (χ0) is 14.0. The molecule has 1 amide bonds. The van der Waals surface area contributed by atoms with Crippen molar-refractivity contribution < 1.29 is 14.3 Å². The maximum atomic E-state index is 13.6. The van der Waals surface area contributed by atoms with E-state index >= 15 is 0 Å². The van der Waals surface area contributed by atoms with E-state index in [-0.39, 0.29) is 17.0 Å². The lowest BCUT2D eigenvalue weighted by Crippen LogP contribution is -2.14. The van der Waals surface area contributed by atoms with Gasteiger partial charge in [0.1, 0.15) is 11.6 Å². The van der Waals surface area contributed by atoms with Crippen LogP contribution in [0.1, 0.15) is 15.9 Å². The molecule has 4 nitrogen and oxygen atoms in total. The fourth-order valence-corrected chi connectivity index (χ4v) is 1.66. The van der Waals surface area contributed by atoms with E-state index in [0.717, 1.165) is 5.56 Å². The number of benzene rings is 2. The molecule has 98 valence electrons. The summed E-state index contributed by atoms with van der Waals surface area (Å²) in [6.07, 6.45) is 0. The Balaban J connectivity index is 2.25. The van der Waals surface area contributed by atoms with Crippen LogP contribution in [0.15, 0.2) is 36.4 Å². The maximum Gasteiger partial charge on any atom is 0.258 e. The van der Waals surface area contributed by atoms with Gasteiger partial charge in [0.25, 0.3) is 5.91 Å². The molecule has 0 aliphatic carbocycles. The highest BCUT2D eigenvalue weighted by atomic mass is 19.1. The first-order chi connectivity index (χ1) is 8.97. The van der Waals surface area contributed by atoms with Crippen molar-refractivity contribution in [3.8, 4) is 5.75 Å². The number of hydrogen-bond acceptors (Lipinski definition) is 3. The Morgan fingerprint density at radius 1 is 1.26 bits per heavy atom. The van der Waals surface area contributed by atoms with Gasteiger partial charge in [0.15, 0.2) is 0 Å². The third kappa shape index (κ3) is 2.82. The van der Waals surface area contributed by atoms with E-state index in [4.69, 9.17) is 5.73 Å². The summed E-state index contributed by atoms with van der Waals surface area (Å²) in [6.45, 7) is 1.74. The van der Waals surface area contributed by atoms with Crippen LogP contribution in [-0.4, -0.2) is 11.0 Å². The number of nitrogens with one attached hydrogen (secondary N) is 1. The van der Waals surface area contributed by atoms with Gasteiger partial charge in [-0.1, -0.05) is 6.07 Å². The second-order valence-corrected chi connectivity index (χ2v) is 4.21. The van der Waals surface area contributed by atoms with E-state index in [9.17, 15) is 14.3 Å². The Morgan fingerprint density at radius 2 is 2.00 bits per heavy atom. The number of carbonyl (C=O) groups is 1. The van der Waals surface area contributed by atoms with Gasteiger partial charge in [-0.2, -0.15) is 0 Å². The molecule has 5 heteroatoms. The molecule has 0 saturated heterocycles. The third-order valence-corrected chi connectivity index (χ3v) is 2.65. The van der Waals surface area contributed by atoms with E-state index < -0.39 is 11.7 Å². The summed E-state index contributed by atoms with van der Waals surface area (Å²) in [6, 6.07) is 8.50. The van der Waals surface area contributed by atoms with Gasteiger partial charge in [0.05, 0.1) is 16.9 Å². The molecule has 0 atom stereocenters. The van der Waals surface area contributed by atoms with Gasteiger partial charge in [0, 0.05) is 6.07 Å². The van der Waals surface area contributed by atoms with Crippen molar-refractivity contribution in [3.63, 3.8) is 0 Å². The molecule has 0 fully saturated rings. The summed E-state index contributed by atoms with van der Waals surface area (Å²) in [5.74, 6) is -1.18. The average molecular weight is 260 g/mol. The predicted molar refractivity (Wildman–Crippen MR) is 71.6 cm³/mol. The Morgan fingerprint density at radius 3 is 2.63 bits per heavy atom. The van der Waals surface area contributed by atoms with Gasteiger partial charge < -0.3 is 16.2 Å². The number of nitrogens with two attached hydrogens (primary N) is 1. The lowest BCUT2D eigenvalue weighted by Gasteiger charge is -2.09. The summed E-state index contributed by atoms with van der Waals surface area (Å²) >= 11 is 0. The number of hydrogen-bond donors (Lipinski definition) is 3. The summed E-state index contributed by atoms with van der Waals surface area (Å²) in [4.78, 5) is 11.9. The van der Waals surface area contributed by atoms with Crippen molar-refractivity contribution in [1.82, 2.24) is 0 Å². The zero-order valence-corrected chi connectivity index (χ0v) is 10.3. The fourth-order valence-electron chi connectivity index (χ4n) is 1.66. The van der Waals surface area contributed by atoms with Crippen molar-refractivity contribution in [2.45, 2.75) is 6.92 Å². The highest BCUT2D eigenvalue weighted by molar-refractivity contribution is 6.06. The number of halogens is 1. The maximum absolute atomic E-state index is 13.6. The molecule has 0 spiro atoms. The molecule has 0 radical (unpaired) electrons. The first-order valence-electron chi connectivity index (χ1n) is 5.63. The predicted octanol–water partition coefficient (Wildman–Crippen LogP) is 2.67. The first kappa shape index (κ1) is 12.9. The normalized spacial score (nSPS) is 10.2. The summed E-state index contributed by atoms with van der Waals surface area (Å²) < 4.78 is 13.6. The number of anilines is 2. The SMILES string of the molecule is Cc1ccc(C(=O)Nc2ccc(O)cc2N)c(F)c1. The molecule has 0 aliphatic heterocycles. The number of phenols is 1. The minimum Gasteiger partial charge on any atom is -0.508 e. The summed E-state index contributed by atoms with van der Waals surface area (Å²) in [5.41, 5.74) is 6.85. The molecule has 0 aliphatic rings. The van der Waals surface area contributed by atoms with Crippen LogP contribution < -0.4 is 11.1 Å². The largest absolute Gasteiger partial charge is 0.508 e. The van der Waals surface area contributed by atoms with Gasteiger partial charge >= 0.3 is 0 Å². The molecule has 19 heavy (non-hydrogen) atoms. The highest BCUT2D eigenvalue weighted by Crippen LogP contribution is 2.24. The minimum absolute atomic E-state index is 0.00276. The second kappa shape index (κ2) is 4.97. The minimum atomic E-state index is -0.588. The van der Waals surface area contributed by atoms with Crippen molar-refractivity contribution in [2.75, 3.05) is 11.1 Å². The molecule has 0 aromatic heterocycles. The van der Waals surface area contributed by atoms with Crippen LogP contribution in [-0.2, 0) is 0 Å². The summed E-state index contributed by atoms with van der Waals surface area (Å²) in [5, 5.41) is 11.7. The van der Waals surface area contributed by atoms with Crippen LogP contribution in [0.3, 0.4) is 0 Å². The van der Waals surface area contributed by atoms with E-state index in [1.807, 2.05) is 0 Å². The Kier molecular flexibility index (Phi) is 3.37. The van der Waals surface area contributed by atoms with Crippen LogP contribution in [0.2, 0.25) is 0 Å². The molecule has 2 aromatic carbocycles. The zero-order valence-electron chi connectivity index (χ0n) is 10.3. The summed E-state index contributed by atoms with van der Waals surface area (Å²) in [7, 11) is 0. The van der Waals surface area contributed by atoms with Crippen molar-refractivity contribution in [1.29, 1.82) is 0 Å². The smallest absolute Gasteiger partial charge is 0.258 e. The quantitative estimate of drug-likeness (QED) is 0.574. The van der Waals surface area contributed by atoms with Crippen LogP contribution >= 0.6 is 0 Å². The van der Waals surface area contributed by atoms with E-state index in [1.54, 1.807) is 13.0 Å². The number of nitrogen functional groups attached to an aromatic ring is 1. The van der Waals surface area contributed by atoms with Gasteiger partial charge in [-0.15, -0.1) is 0 Å². The average Bonchev–Trinajstić information content (AvgIpc) is 2.32. The molecule has 0 unspecified atom stereocenters. The first-order valence-corrected chi connectivity index (χ1v) is 5.63. The van der Waals surface area contributed by atoms with Crippen molar-refractivity contribution in [2.24, 2.45) is 0 Å². The monoisotopic (exact) mass is 260 g/mol. The Labute approximate surface area is 109 Å². The molecule has 2 rings (SSSR count). The Hall–Kier alpha value is -2.56. The van der Waals surface area contributed by atoms with Gasteiger partial charge in [0.2, 0.25) is 0 Å². The molecular formula is C14H13FN2O2. The molecule has 0 bridgehead atoms. The second-order valence-electron chi connectivity index (χ2n) is 4.21. The highest BCUT2D eigenvalue weighted by Gasteiger charge is 2.13. The topological polar surface area (TPSA) is 75.3 Å². The number of amides is 1. The van der Waals surface area contributed by atoms with E-state index in [0.29, 0.717) is 5.69 Å². The fraction of sp³-hybridized carbons (Fsp3) is 0.0714. The van der Waals surface area contributed by atoms with Crippen molar-refractivity contribution in [3.05, 3.63) is 53.3 Å². The van der Waals surface area contributed by atoms with Gasteiger partial charge in [-0.3, -0.25) is 4.79 Å².